The molecular formula is C19H26N2O3. The van der Waals surface area contributed by atoms with Crippen LogP contribution in [0.2, 0.25) is 0 Å². The highest BCUT2D eigenvalue weighted by Crippen LogP contribution is 2.20. The monoisotopic (exact) mass is 330 g/mol. The first-order chi connectivity index (χ1) is 11.4. The number of ether oxygens (including phenoxy) is 2. The van der Waals surface area contributed by atoms with E-state index >= 15 is 0 Å². The molecule has 2 heterocycles. The second kappa shape index (κ2) is 6.95. The van der Waals surface area contributed by atoms with E-state index in [1.165, 1.54) is 5.56 Å². The first-order valence-corrected chi connectivity index (χ1v) is 8.56. The number of benzene rings is 1. The maximum Gasteiger partial charge on any atom is 0.418 e. The highest BCUT2D eigenvalue weighted by Gasteiger charge is 2.19. The summed E-state index contributed by atoms with van der Waals surface area (Å²) in [6, 6.07) is 8.26. The fraction of sp³-hybridized carbons (Fsp3) is 0.526. The van der Waals surface area contributed by atoms with Gasteiger partial charge in [-0.15, -0.1) is 0 Å². The predicted octanol–water partition coefficient (Wildman–Crippen LogP) is 3.30. The lowest BCUT2D eigenvalue weighted by Crippen LogP contribution is -2.37. The van der Waals surface area contributed by atoms with Gasteiger partial charge in [0.25, 0.3) is 0 Å². The minimum atomic E-state index is -0.498. The summed E-state index contributed by atoms with van der Waals surface area (Å²) in [5, 5.41) is 1.05. The summed E-state index contributed by atoms with van der Waals surface area (Å²) in [4.78, 5) is 14.8. The highest BCUT2D eigenvalue weighted by atomic mass is 16.6. The number of hydrogen-bond donors (Lipinski definition) is 0. The van der Waals surface area contributed by atoms with Gasteiger partial charge in [0.1, 0.15) is 5.60 Å². The van der Waals surface area contributed by atoms with Crippen LogP contribution in [-0.2, 0) is 15.9 Å². The Balaban J connectivity index is 1.74. The van der Waals surface area contributed by atoms with Crippen molar-refractivity contribution in [3.05, 3.63) is 36.0 Å². The molecule has 1 saturated heterocycles. The Labute approximate surface area is 143 Å². The van der Waals surface area contributed by atoms with Gasteiger partial charge in [-0.1, -0.05) is 12.1 Å². The third-order valence-corrected chi connectivity index (χ3v) is 4.17. The summed E-state index contributed by atoms with van der Waals surface area (Å²) in [5.41, 5.74) is 1.64. The molecule has 0 amide bonds. The van der Waals surface area contributed by atoms with Gasteiger partial charge in [-0.25, -0.2) is 4.79 Å². The predicted molar refractivity (Wildman–Crippen MR) is 94.5 cm³/mol. The van der Waals surface area contributed by atoms with Crippen molar-refractivity contribution in [2.24, 2.45) is 0 Å². The van der Waals surface area contributed by atoms with Crippen LogP contribution in [0.4, 0.5) is 4.79 Å². The smallest absolute Gasteiger partial charge is 0.418 e. The molecule has 0 saturated carbocycles. The second-order valence-corrected chi connectivity index (χ2v) is 7.26. The molecule has 1 aromatic carbocycles. The first-order valence-electron chi connectivity index (χ1n) is 8.56. The summed E-state index contributed by atoms with van der Waals surface area (Å²) < 4.78 is 12.5. The van der Waals surface area contributed by atoms with E-state index in [2.05, 4.69) is 23.1 Å². The van der Waals surface area contributed by atoms with Gasteiger partial charge >= 0.3 is 6.09 Å². The van der Waals surface area contributed by atoms with E-state index in [9.17, 15) is 4.79 Å². The molecule has 0 bridgehead atoms. The van der Waals surface area contributed by atoms with Crippen molar-refractivity contribution in [3.63, 3.8) is 0 Å². The molecule has 3 rings (SSSR count). The number of carbonyl (C=O) groups is 1. The van der Waals surface area contributed by atoms with E-state index in [1.54, 1.807) is 10.8 Å². The van der Waals surface area contributed by atoms with Gasteiger partial charge in [-0.3, -0.25) is 9.47 Å². The Kier molecular flexibility index (Phi) is 4.92. The molecule has 0 atom stereocenters. The standard InChI is InChI=1S/C19H26N2O3/c1-19(2,3)24-18(22)21-9-7-16-5-4-15(14-17(16)21)6-8-20-10-12-23-13-11-20/h4-5,7,9,14H,6,8,10-13H2,1-3H3. The normalized spacial score (nSPS) is 16.5. The van der Waals surface area contributed by atoms with E-state index in [4.69, 9.17) is 9.47 Å². The Morgan fingerprint density at radius 1 is 1.21 bits per heavy atom. The van der Waals surface area contributed by atoms with E-state index in [0.29, 0.717) is 0 Å². The molecule has 0 spiro atoms. The summed E-state index contributed by atoms with van der Waals surface area (Å²) in [6.45, 7) is 10.3. The summed E-state index contributed by atoms with van der Waals surface area (Å²) in [7, 11) is 0. The van der Waals surface area contributed by atoms with Crippen molar-refractivity contribution < 1.29 is 14.3 Å². The van der Waals surface area contributed by atoms with Crippen LogP contribution in [-0.4, -0.2) is 54.0 Å². The van der Waals surface area contributed by atoms with Gasteiger partial charge in [0, 0.05) is 31.2 Å². The zero-order valence-electron chi connectivity index (χ0n) is 14.7. The molecule has 5 nitrogen and oxygen atoms in total. The lowest BCUT2D eigenvalue weighted by molar-refractivity contribution is 0.0384. The minimum Gasteiger partial charge on any atom is -0.443 e. The average Bonchev–Trinajstić information content (AvgIpc) is 2.95. The molecule has 1 fully saturated rings. The van der Waals surface area contributed by atoms with E-state index in [-0.39, 0.29) is 6.09 Å². The molecule has 0 unspecified atom stereocenters. The van der Waals surface area contributed by atoms with Crippen LogP contribution in [0.15, 0.2) is 30.5 Å². The summed E-state index contributed by atoms with van der Waals surface area (Å²) in [6.07, 6.45) is 2.42. The molecule has 1 aliphatic heterocycles. The number of fused-ring (bicyclic) bond motifs is 1. The first kappa shape index (κ1) is 17.0. The van der Waals surface area contributed by atoms with Crippen LogP contribution in [0.1, 0.15) is 26.3 Å². The van der Waals surface area contributed by atoms with Gasteiger partial charge in [0.05, 0.1) is 18.7 Å². The SMILES string of the molecule is CC(C)(C)OC(=O)n1ccc2ccc(CCN3CCOCC3)cc21. The molecule has 1 aromatic heterocycles. The van der Waals surface area contributed by atoms with Crippen molar-refractivity contribution in [3.8, 4) is 0 Å². The van der Waals surface area contributed by atoms with Crippen LogP contribution in [0, 0.1) is 0 Å². The molecule has 0 radical (unpaired) electrons. The zero-order chi connectivity index (χ0) is 17.2. The van der Waals surface area contributed by atoms with Gasteiger partial charge < -0.3 is 9.47 Å². The fourth-order valence-corrected chi connectivity index (χ4v) is 2.91. The maximum atomic E-state index is 12.4. The van der Waals surface area contributed by atoms with Crippen molar-refractivity contribution in [2.45, 2.75) is 32.8 Å². The molecule has 130 valence electrons. The average molecular weight is 330 g/mol. The Morgan fingerprint density at radius 3 is 2.67 bits per heavy atom. The van der Waals surface area contributed by atoms with Crippen LogP contribution in [0.25, 0.3) is 10.9 Å². The molecule has 0 aliphatic carbocycles. The minimum absolute atomic E-state index is 0.331. The van der Waals surface area contributed by atoms with Crippen molar-refractivity contribution >= 4 is 17.0 Å². The highest BCUT2D eigenvalue weighted by molar-refractivity contribution is 5.89. The Bertz CT molecular complexity index is 709. The number of rotatable bonds is 3. The van der Waals surface area contributed by atoms with E-state index < -0.39 is 5.60 Å². The third kappa shape index (κ3) is 4.16. The Morgan fingerprint density at radius 2 is 1.96 bits per heavy atom. The van der Waals surface area contributed by atoms with Crippen LogP contribution >= 0.6 is 0 Å². The molecular weight excluding hydrogens is 304 g/mol. The summed E-state index contributed by atoms with van der Waals surface area (Å²) >= 11 is 0. The number of aromatic nitrogens is 1. The molecule has 5 heteroatoms. The van der Waals surface area contributed by atoms with Gasteiger partial charge in [-0.2, -0.15) is 0 Å². The van der Waals surface area contributed by atoms with Crippen LogP contribution in [0.3, 0.4) is 0 Å². The maximum absolute atomic E-state index is 12.4. The largest absolute Gasteiger partial charge is 0.443 e. The number of morpholine rings is 1. The zero-order valence-corrected chi connectivity index (χ0v) is 14.7. The molecule has 24 heavy (non-hydrogen) atoms. The third-order valence-electron chi connectivity index (χ3n) is 4.17. The van der Waals surface area contributed by atoms with Gasteiger partial charge in [0.15, 0.2) is 0 Å². The second-order valence-electron chi connectivity index (χ2n) is 7.26. The number of nitrogens with zero attached hydrogens (tertiary/aromatic N) is 2. The van der Waals surface area contributed by atoms with Crippen LogP contribution < -0.4 is 0 Å². The van der Waals surface area contributed by atoms with Crippen LogP contribution in [0.5, 0.6) is 0 Å². The van der Waals surface area contributed by atoms with Crippen molar-refractivity contribution in [1.29, 1.82) is 0 Å². The lowest BCUT2D eigenvalue weighted by Gasteiger charge is -2.26. The van der Waals surface area contributed by atoms with Crippen molar-refractivity contribution in [1.82, 2.24) is 9.47 Å². The van der Waals surface area contributed by atoms with E-state index in [0.717, 1.165) is 50.2 Å². The van der Waals surface area contributed by atoms with Gasteiger partial charge in [-0.05, 0) is 44.9 Å². The number of carbonyl (C=O) groups excluding carboxylic acids is 1. The lowest BCUT2D eigenvalue weighted by atomic mass is 10.1. The van der Waals surface area contributed by atoms with Gasteiger partial charge in [0.2, 0.25) is 0 Å². The molecule has 2 aromatic rings. The number of hydrogen-bond acceptors (Lipinski definition) is 4. The quantitative estimate of drug-likeness (QED) is 0.866. The Hall–Kier alpha value is -1.85. The topological polar surface area (TPSA) is 43.7 Å². The molecule has 1 aliphatic rings. The summed E-state index contributed by atoms with van der Waals surface area (Å²) in [5.74, 6) is 0. The van der Waals surface area contributed by atoms with Crippen molar-refractivity contribution in [2.75, 3.05) is 32.8 Å². The molecule has 0 N–H and O–H groups in total. The fourth-order valence-electron chi connectivity index (χ4n) is 2.91. The van der Waals surface area contributed by atoms with E-state index in [1.807, 2.05) is 26.8 Å².